The van der Waals surface area contributed by atoms with Crippen molar-refractivity contribution >= 4 is 10.9 Å². The summed E-state index contributed by atoms with van der Waals surface area (Å²) in [6, 6.07) is 6.13. The number of aromatic amines is 1. The number of nitrogens with zero attached hydrogens (tertiary/aromatic N) is 3. The number of H-pyrrole nitrogens is 1. The van der Waals surface area contributed by atoms with Gasteiger partial charge in [-0.1, -0.05) is 12.1 Å². The number of aryl methyl sites for hydroxylation is 1. The summed E-state index contributed by atoms with van der Waals surface area (Å²) in [6.45, 7) is 2.06. The van der Waals surface area contributed by atoms with E-state index in [0.29, 0.717) is 24.7 Å². The van der Waals surface area contributed by atoms with Crippen LogP contribution in [0.5, 0.6) is 0 Å². The van der Waals surface area contributed by atoms with Crippen molar-refractivity contribution < 1.29 is 13.2 Å². The monoisotopic (exact) mass is 349 g/mol. The molecule has 0 radical (unpaired) electrons. The first-order chi connectivity index (χ1) is 12.0. The molecule has 3 heterocycles. The van der Waals surface area contributed by atoms with Crippen LogP contribution in [0.3, 0.4) is 0 Å². The molecular weight excluding hydrogens is 331 g/mol. The lowest BCUT2D eigenvalue weighted by molar-refractivity contribution is -0.141. The first kappa shape index (κ1) is 16.1. The number of halogens is 3. The van der Waals surface area contributed by atoms with E-state index in [9.17, 15) is 13.2 Å². The highest BCUT2D eigenvalue weighted by Gasteiger charge is 2.35. The van der Waals surface area contributed by atoms with Gasteiger partial charge in [0.1, 0.15) is 5.82 Å². The molecular formula is C17H18F3N5. The Kier molecular flexibility index (Phi) is 3.99. The van der Waals surface area contributed by atoms with Crippen molar-refractivity contribution in [1.29, 1.82) is 0 Å². The highest BCUT2D eigenvalue weighted by molar-refractivity contribution is 5.78. The van der Waals surface area contributed by atoms with E-state index in [2.05, 4.69) is 32.6 Å². The van der Waals surface area contributed by atoms with E-state index in [4.69, 9.17) is 0 Å². The standard InChI is InChI=1S/C17H18F3N5/c18-17(19,20)15-10-25-9-12(2-4-16(25)23-15)7-21-6-11-1-3-13-8-22-24-14(13)5-11/h1,3,5,8,10,12,21H,2,4,6-7,9H2,(H,22,24)/t12-/m0/s1. The summed E-state index contributed by atoms with van der Waals surface area (Å²) in [7, 11) is 0. The highest BCUT2D eigenvalue weighted by atomic mass is 19.4. The molecule has 5 nitrogen and oxygen atoms in total. The van der Waals surface area contributed by atoms with Gasteiger partial charge in [0.2, 0.25) is 0 Å². The van der Waals surface area contributed by atoms with E-state index in [0.717, 1.165) is 42.2 Å². The summed E-state index contributed by atoms with van der Waals surface area (Å²) in [5.41, 5.74) is 1.36. The predicted octanol–water partition coefficient (Wildman–Crippen LogP) is 3.13. The molecule has 1 aromatic carbocycles. The van der Waals surface area contributed by atoms with Crippen molar-refractivity contribution in [3.63, 3.8) is 0 Å². The Morgan fingerprint density at radius 2 is 2.20 bits per heavy atom. The third-order valence-electron chi connectivity index (χ3n) is 4.65. The lowest BCUT2D eigenvalue weighted by atomic mass is 9.99. The first-order valence-electron chi connectivity index (χ1n) is 8.25. The molecule has 0 fully saturated rings. The SMILES string of the molecule is FC(F)(F)c1cn2c(n1)CC[C@@H](CNCc1ccc3cn[nH]c3c1)C2. The quantitative estimate of drug-likeness (QED) is 0.761. The number of fused-ring (bicyclic) bond motifs is 2. The summed E-state index contributed by atoms with van der Waals surface area (Å²) in [5, 5.41) is 11.4. The average molecular weight is 349 g/mol. The number of nitrogens with one attached hydrogen (secondary N) is 2. The topological polar surface area (TPSA) is 58.5 Å². The Balaban J connectivity index is 1.34. The lowest BCUT2D eigenvalue weighted by Gasteiger charge is -2.24. The van der Waals surface area contributed by atoms with Crippen molar-refractivity contribution in [2.45, 2.75) is 32.1 Å². The van der Waals surface area contributed by atoms with E-state index in [-0.39, 0.29) is 0 Å². The normalized spacial score (nSPS) is 17.8. The van der Waals surface area contributed by atoms with Gasteiger partial charge in [-0.3, -0.25) is 5.10 Å². The summed E-state index contributed by atoms with van der Waals surface area (Å²) in [5.74, 6) is 0.840. The zero-order valence-electron chi connectivity index (χ0n) is 13.5. The molecule has 0 aliphatic carbocycles. The average Bonchev–Trinajstić information content (AvgIpc) is 3.20. The van der Waals surface area contributed by atoms with Crippen LogP contribution >= 0.6 is 0 Å². The zero-order valence-corrected chi connectivity index (χ0v) is 13.5. The van der Waals surface area contributed by atoms with Gasteiger partial charge in [0.05, 0.1) is 11.7 Å². The number of aromatic nitrogens is 4. The second kappa shape index (κ2) is 6.18. The van der Waals surface area contributed by atoms with Crippen molar-refractivity contribution in [2.24, 2.45) is 5.92 Å². The summed E-state index contributed by atoms with van der Waals surface area (Å²) < 4.78 is 39.9. The molecule has 2 N–H and O–H groups in total. The Morgan fingerprint density at radius 1 is 1.32 bits per heavy atom. The predicted molar refractivity (Wildman–Crippen MR) is 86.8 cm³/mol. The maximum absolute atomic E-state index is 12.8. The third kappa shape index (κ3) is 3.39. The molecule has 0 bridgehead atoms. The molecule has 1 atom stereocenters. The molecule has 25 heavy (non-hydrogen) atoms. The van der Waals surface area contributed by atoms with E-state index >= 15 is 0 Å². The summed E-state index contributed by atoms with van der Waals surface area (Å²) in [6.07, 6.45) is -0.0209. The molecule has 1 aliphatic rings. The molecule has 3 aromatic rings. The van der Waals surface area contributed by atoms with Gasteiger partial charge in [-0.2, -0.15) is 18.3 Å². The van der Waals surface area contributed by atoms with Crippen molar-refractivity contribution in [3.05, 3.63) is 47.7 Å². The largest absolute Gasteiger partial charge is 0.434 e. The van der Waals surface area contributed by atoms with Crippen LogP contribution in [0.2, 0.25) is 0 Å². The molecule has 0 spiro atoms. The lowest BCUT2D eigenvalue weighted by Crippen LogP contribution is -2.29. The number of imidazole rings is 1. The van der Waals surface area contributed by atoms with Crippen LogP contribution in [0, 0.1) is 5.92 Å². The Morgan fingerprint density at radius 3 is 3.04 bits per heavy atom. The van der Waals surface area contributed by atoms with Crippen molar-refractivity contribution in [1.82, 2.24) is 25.1 Å². The van der Waals surface area contributed by atoms with Crippen LogP contribution in [0.25, 0.3) is 10.9 Å². The van der Waals surface area contributed by atoms with Crippen molar-refractivity contribution in [3.8, 4) is 0 Å². The van der Waals surface area contributed by atoms with Crippen molar-refractivity contribution in [2.75, 3.05) is 6.54 Å². The van der Waals surface area contributed by atoms with Gasteiger partial charge in [-0.05, 0) is 30.5 Å². The van der Waals surface area contributed by atoms with Crippen LogP contribution in [0.15, 0.2) is 30.6 Å². The molecule has 1 aliphatic heterocycles. The second-order valence-corrected chi connectivity index (χ2v) is 6.52. The minimum absolute atomic E-state index is 0.304. The molecule has 8 heteroatoms. The number of benzene rings is 1. The van der Waals surface area contributed by atoms with E-state index < -0.39 is 11.9 Å². The molecule has 0 unspecified atom stereocenters. The van der Waals surface area contributed by atoms with Crippen LogP contribution in [0.4, 0.5) is 13.2 Å². The highest BCUT2D eigenvalue weighted by Crippen LogP contribution is 2.30. The fourth-order valence-electron chi connectivity index (χ4n) is 3.33. The molecule has 4 rings (SSSR count). The van der Waals surface area contributed by atoms with Gasteiger partial charge in [0.25, 0.3) is 0 Å². The summed E-state index contributed by atoms with van der Waals surface area (Å²) in [4.78, 5) is 3.72. The van der Waals surface area contributed by atoms with Gasteiger partial charge >= 0.3 is 6.18 Å². The number of rotatable bonds is 4. The molecule has 0 saturated carbocycles. The van der Waals surface area contributed by atoms with Gasteiger partial charge < -0.3 is 9.88 Å². The molecule has 0 saturated heterocycles. The molecule has 132 valence electrons. The van der Waals surface area contributed by atoms with E-state index in [1.165, 1.54) is 0 Å². The number of hydrogen-bond acceptors (Lipinski definition) is 3. The number of hydrogen-bond donors (Lipinski definition) is 2. The van der Waals surface area contributed by atoms with E-state index in [1.807, 2.05) is 6.07 Å². The van der Waals surface area contributed by atoms with Gasteiger partial charge in [-0.15, -0.1) is 0 Å². The Labute approximate surface area is 142 Å². The Hall–Kier alpha value is -2.35. The van der Waals surface area contributed by atoms with Crippen LogP contribution in [0.1, 0.15) is 23.5 Å². The maximum Gasteiger partial charge on any atom is 0.434 e. The van der Waals surface area contributed by atoms with Gasteiger partial charge in [-0.25, -0.2) is 4.98 Å². The van der Waals surface area contributed by atoms with E-state index in [1.54, 1.807) is 10.8 Å². The van der Waals surface area contributed by atoms with Crippen LogP contribution < -0.4 is 5.32 Å². The fraction of sp³-hybridized carbons (Fsp3) is 0.412. The van der Waals surface area contributed by atoms with Gasteiger partial charge in [0, 0.05) is 31.1 Å². The maximum atomic E-state index is 12.8. The molecule has 2 aromatic heterocycles. The van der Waals surface area contributed by atoms with Crippen LogP contribution in [-0.2, 0) is 25.7 Å². The zero-order chi connectivity index (χ0) is 17.4. The van der Waals surface area contributed by atoms with Crippen LogP contribution in [-0.4, -0.2) is 26.3 Å². The molecule has 0 amide bonds. The fourth-order valence-corrected chi connectivity index (χ4v) is 3.33. The number of alkyl halides is 3. The third-order valence-corrected chi connectivity index (χ3v) is 4.65. The minimum Gasteiger partial charge on any atom is -0.334 e. The second-order valence-electron chi connectivity index (χ2n) is 6.52. The minimum atomic E-state index is -4.37. The first-order valence-corrected chi connectivity index (χ1v) is 8.25. The summed E-state index contributed by atoms with van der Waals surface area (Å²) >= 11 is 0. The Bertz CT molecular complexity index is 880. The smallest absolute Gasteiger partial charge is 0.334 e. The van der Waals surface area contributed by atoms with Gasteiger partial charge in [0.15, 0.2) is 5.69 Å².